The Labute approximate surface area is 147 Å². The minimum atomic E-state index is 0.142. The molecule has 0 saturated carbocycles. The highest BCUT2D eigenvalue weighted by atomic mass is 16.2. The highest BCUT2D eigenvalue weighted by Crippen LogP contribution is 2.30. The minimum Gasteiger partial charge on any atom is -0.358 e. The molecule has 0 unspecified atom stereocenters. The van der Waals surface area contributed by atoms with Crippen molar-refractivity contribution < 1.29 is 4.79 Å². The van der Waals surface area contributed by atoms with Crippen molar-refractivity contribution in [2.24, 2.45) is 0 Å². The zero-order valence-corrected chi connectivity index (χ0v) is 14.5. The molecule has 0 radical (unpaired) electrons. The van der Waals surface area contributed by atoms with E-state index in [1.54, 1.807) is 6.92 Å². The molecular weight excluding hydrogens is 310 g/mol. The molecule has 0 fully saturated rings. The number of pyridine rings is 1. The monoisotopic (exact) mass is 331 g/mol. The van der Waals surface area contributed by atoms with Crippen molar-refractivity contribution in [2.45, 2.75) is 26.8 Å². The lowest BCUT2D eigenvalue weighted by molar-refractivity contribution is -0.129. The van der Waals surface area contributed by atoms with Gasteiger partial charge in [-0.3, -0.25) is 9.78 Å². The molecule has 4 heteroatoms. The molecule has 0 bridgehead atoms. The minimum absolute atomic E-state index is 0.142. The third kappa shape index (κ3) is 2.95. The first-order valence-corrected chi connectivity index (χ1v) is 8.60. The van der Waals surface area contributed by atoms with Gasteiger partial charge in [0.05, 0.1) is 5.52 Å². The molecule has 3 aromatic rings. The van der Waals surface area contributed by atoms with Crippen molar-refractivity contribution in [3.05, 3.63) is 64.6 Å². The molecule has 4 rings (SSSR count). The predicted molar refractivity (Wildman–Crippen MR) is 101 cm³/mol. The number of hydrogen-bond donors (Lipinski definition) is 1. The number of benzene rings is 1. The first-order chi connectivity index (χ1) is 12.1. The quantitative estimate of drug-likeness (QED) is 0.773. The maximum absolute atomic E-state index is 11.7. The second kappa shape index (κ2) is 6.20. The van der Waals surface area contributed by atoms with Gasteiger partial charge in [0.1, 0.15) is 0 Å². The van der Waals surface area contributed by atoms with Gasteiger partial charge < -0.3 is 9.88 Å². The Bertz CT molecular complexity index is 967. The van der Waals surface area contributed by atoms with Crippen LogP contribution >= 0.6 is 0 Å². The Hall–Kier alpha value is -2.88. The van der Waals surface area contributed by atoms with Crippen molar-refractivity contribution in [2.75, 3.05) is 6.54 Å². The Balaban J connectivity index is 1.72. The van der Waals surface area contributed by atoms with Crippen LogP contribution in [0.3, 0.4) is 0 Å². The number of carbonyl (C=O) groups excluding carboxylic acids is 1. The molecule has 1 aromatic carbocycles. The second-order valence-electron chi connectivity index (χ2n) is 6.61. The second-order valence-corrected chi connectivity index (χ2v) is 6.61. The average molecular weight is 331 g/mol. The third-order valence-corrected chi connectivity index (χ3v) is 4.88. The molecule has 25 heavy (non-hydrogen) atoms. The van der Waals surface area contributed by atoms with E-state index in [-0.39, 0.29) is 5.91 Å². The number of nitrogens with zero attached hydrogens (tertiary/aromatic N) is 2. The van der Waals surface area contributed by atoms with Crippen LogP contribution in [-0.2, 0) is 17.8 Å². The number of nitrogens with one attached hydrogen (secondary N) is 1. The lowest BCUT2D eigenvalue weighted by atomic mass is 10.0. The fourth-order valence-corrected chi connectivity index (χ4v) is 3.43. The van der Waals surface area contributed by atoms with Crippen LogP contribution < -0.4 is 0 Å². The summed E-state index contributed by atoms with van der Waals surface area (Å²) in [6.07, 6.45) is 6.98. The predicted octanol–water partition coefficient (Wildman–Crippen LogP) is 3.95. The van der Waals surface area contributed by atoms with Crippen LogP contribution in [-0.4, -0.2) is 27.3 Å². The van der Waals surface area contributed by atoms with E-state index in [2.05, 4.69) is 46.4 Å². The molecule has 3 heterocycles. The van der Waals surface area contributed by atoms with E-state index in [0.717, 1.165) is 35.3 Å². The summed E-state index contributed by atoms with van der Waals surface area (Å²) in [5, 5.41) is 1.21. The Morgan fingerprint density at radius 3 is 2.88 bits per heavy atom. The molecule has 1 aliphatic heterocycles. The Morgan fingerprint density at radius 1 is 1.24 bits per heavy atom. The number of para-hydroxylation sites is 1. The van der Waals surface area contributed by atoms with Gasteiger partial charge in [-0.15, -0.1) is 0 Å². The summed E-state index contributed by atoms with van der Waals surface area (Å²) in [5.74, 6) is 0.142. The highest BCUT2D eigenvalue weighted by Gasteiger charge is 2.22. The number of fused-ring (bicyclic) bond motifs is 3. The van der Waals surface area contributed by atoms with Gasteiger partial charge in [-0.05, 0) is 24.1 Å². The van der Waals surface area contributed by atoms with Crippen molar-refractivity contribution >= 4 is 29.0 Å². The van der Waals surface area contributed by atoms with Crippen molar-refractivity contribution in [3.63, 3.8) is 0 Å². The largest absolute Gasteiger partial charge is 0.358 e. The number of hydrogen-bond acceptors (Lipinski definition) is 2. The molecule has 4 nitrogen and oxygen atoms in total. The zero-order valence-electron chi connectivity index (χ0n) is 14.5. The maximum atomic E-state index is 11.7. The molecule has 126 valence electrons. The summed E-state index contributed by atoms with van der Waals surface area (Å²) in [6, 6.07) is 10.4. The molecule has 0 saturated heterocycles. The summed E-state index contributed by atoms with van der Waals surface area (Å²) in [6.45, 7) is 5.11. The van der Waals surface area contributed by atoms with Gasteiger partial charge in [-0.2, -0.15) is 0 Å². The Morgan fingerprint density at radius 2 is 2.12 bits per heavy atom. The van der Waals surface area contributed by atoms with Gasteiger partial charge in [0, 0.05) is 55.0 Å². The number of rotatable bonds is 2. The molecule has 1 amide bonds. The van der Waals surface area contributed by atoms with Gasteiger partial charge in [-0.25, -0.2) is 0 Å². The van der Waals surface area contributed by atoms with E-state index >= 15 is 0 Å². The summed E-state index contributed by atoms with van der Waals surface area (Å²) in [4.78, 5) is 21.5. The number of amides is 1. The van der Waals surface area contributed by atoms with Gasteiger partial charge in [0.25, 0.3) is 0 Å². The van der Waals surface area contributed by atoms with E-state index in [0.29, 0.717) is 6.54 Å². The van der Waals surface area contributed by atoms with Crippen LogP contribution in [0.25, 0.3) is 23.1 Å². The van der Waals surface area contributed by atoms with Crippen LogP contribution in [0.2, 0.25) is 0 Å². The van der Waals surface area contributed by atoms with Crippen molar-refractivity contribution in [3.8, 4) is 0 Å². The molecule has 0 atom stereocenters. The topological polar surface area (TPSA) is 49.0 Å². The molecule has 0 spiro atoms. The number of aromatic nitrogens is 2. The number of carbonyl (C=O) groups is 1. The number of aryl methyl sites for hydroxylation is 1. The number of aromatic amines is 1. The van der Waals surface area contributed by atoms with E-state index < -0.39 is 0 Å². The first kappa shape index (κ1) is 15.6. The lowest BCUT2D eigenvalue weighted by Crippen LogP contribution is -2.33. The third-order valence-electron chi connectivity index (χ3n) is 4.88. The SMILES string of the molecule is CC(=O)N1CCc2[nH]c3c(C=Cc4ccc(C)nc4)cccc3c2C1. The molecular formula is C21H21N3O. The van der Waals surface area contributed by atoms with Crippen LogP contribution in [0.15, 0.2) is 36.5 Å². The smallest absolute Gasteiger partial charge is 0.219 e. The van der Waals surface area contributed by atoms with E-state index in [4.69, 9.17) is 0 Å². The molecule has 1 N–H and O–H groups in total. The molecule has 1 aliphatic rings. The zero-order chi connectivity index (χ0) is 17.4. The van der Waals surface area contributed by atoms with Gasteiger partial charge in [-0.1, -0.05) is 36.4 Å². The number of H-pyrrole nitrogens is 1. The van der Waals surface area contributed by atoms with Crippen molar-refractivity contribution in [1.82, 2.24) is 14.9 Å². The van der Waals surface area contributed by atoms with Crippen LogP contribution in [0.1, 0.15) is 35.0 Å². The summed E-state index contributed by atoms with van der Waals surface area (Å²) < 4.78 is 0. The van der Waals surface area contributed by atoms with E-state index in [1.807, 2.05) is 24.1 Å². The first-order valence-electron chi connectivity index (χ1n) is 8.60. The van der Waals surface area contributed by atoms with Crippen LogP contribution in [0.4, 0.5) is 0 Å². The van der Waals surface area contributed by atoms with E-state index in [1.165, 1.54) is 16.6 Å². The Kier molecular flexibility index (Phi) is 3.88. The highest BCUT2D eigenvalue weighted by molar-refractivity contribution is 5.94. The fraction of sp³-hybridized carbons (Fsp3) is 0.238. The normalized spacial score (nSPS) is 14.2. The standard InChI is InChI=1S/C21H21N3O/c1-14-6-7-16(12-22-14)8-9-17-4-3-5-18-19-13-24(15(2)25)11-10-20(19)23-21(17)18/h3-9,12,23H,10-11,13H2,1-2H3. The van der Waals surface area contributed by atoms with Gasteiger partial charge in [0.15, 0.2) is 0 Å². The van der Waals surface area contributed by atoms with E-state index in [9.17, 15) is 4.79 Å². The van der Waals surface area contributed by atoms with Crippen molar-refractivity contribution in [1.29, 1.82) is 0 Å². The molecule has 0 aliphatic carbocycles. The average Bonchev–Trinajstić information content (AvgIpc) is 2.99. The summed E-state index contributed by atoms with van der Waals surface area (Å²) >= 11 is 0. The van der Waals surface area contributed by atoms with Crippen LogP contribution in [0, 0.1) is 6.92 Å². The fourth-order valence-electron chi connectivity index (χ4n) is 3.43. The van der Waals surface area contributed by atoms with Gasteiger partial charge >= 0.3 is 0 Å². The summed E-state index contributed by atoms with van der Waals surface area (Å²) in [5.41, 5.74) is 6.91. The maximum Gasteiger partial charge on any atom is 0.219 e. The van der Waals surface area contributed by atoms with Crippen LogP contribution in [0.5, 0.6) is 0 Å². The lowest BCUT2D eigenvalue weighted by Gasteiger charge is -2.25. The molecule has 2 aromatic heterocycles. The summed E-state index contributed by atoms with van der Waals surface area (Å²) in [7, 11) is 0. The van der Waals surface area contributed by atoms with Gasteiger partial charge in [0.2, 0.25) is 5.91 Å².